The Hall–Kier alpha value is -0.300. The largest absolute Gasteiger partial charge is 0.375 e. The molecule has 0 spiro atoms. The van der Waals surface area contributed by atoms with Gasteiger partial charge in [0.05, 0.1) is 5.60 Å². The maximum absolute atomic E-state index is 6.08. The molecule has 0 unspecified atom stereocenters. The third-order valence-electron chi connectivity index (χ3n) is 5.90. The monoisotopic (exact) mass is 234 g/mol. The maximum Gasteiger partial charge on any atom is 0.0726 e. The van der Waals surface area contributed by atoms with Gasteiger partial charge in [0.25, 0.3) is 0 Å². The van der Waals surface area contributed by atoms with E-state index in [-0.39, 0.29) is 5.60 Å². The smallest absolute Gasteiger partial charge is 0.0726 e. The zero-order valence-corrected chi connectivity index (χ0v) is 11.8. The van der Waals surface area contributed by atoms with Crippen molar-refractivity contribution in [2.45, 2.75) is 65.4 Å². The second-order valence-corrected chi connectivity index (χ2v) is 7.48. The lowest BCUT2D eigenvalue weighted by atomic mass is 9.50. The van der Waals surface area contributed by atoms with Crippen molar-refractivity contribution in [3.63, 3.8) is 0 Å². The fraction of sp³-hybridized carbons (Fsp3) is 0.875. The molecule has 0 N–H and O–H groups in total. The number of fused-ring (bicyclic) bond motifs is 3. The highest BCUT2D eigenvalue weighted by molar-refractivity contribution is 5.30. The molecule has 2 fully saturated rings. The fourth-order valence-electron chi connectivity index (χ4n) is 5.13. The van der Waals surface area contributed by atoms with Crippen LogP contribution in [0.1, 0.15) is 59.8 Å². The topological polar surface area (TPSA) is 9.23 Å². The molecule has 2 aliphatic carbocycles. The van der Waals surface area contributed by atoms with Crippen LogP contribution in [-0.2, 0) is 4.74 Å². The zero-order valence-electron chi connectivity index (χ0n) is 11.8. The van der Waals surface area contributed by atoms with Crippen molar-refractivity contribution in [2.75, 3.05) is 6.61 Å². The van der Waals surface area contributed by atoms with Crippen LogP contribution >= 0.6 is 0 Å². The molecule has 1 heterocycles. The van der Waals surface area contributed by atoms with Crippen LogP contribution in [0.2, 0.25) is 0 Å². The van der Waals surface area contributed by atoms with E-state index in [0.29, 0.717) is 10.8 Å². The molecule has 1 heteroatoms. The van der Waals surface area contributed by atoms with E-state index in [1.54, 1.807) is 5.57 Å². The number of hydrogen-bond acceptors (Lipinski definition) is 1. The standard InChI is InChI=1S/C16H26O/c1-14(2)8-5-9-15(3)12(14)6-10-16(4)13(15)7-11-17-16/h6,13H,5,7-11H2,1-4H3/t13-,15-,16-/m1/s1. The summed E-state index contributed by atoms with van der Waals surface area (Å²) in [6.07, 6.45) is 9.03. The third-order valence-corrected chi connectivity index (χ3v) is 5.90. The molecule has 0 amide bonds. The average molecular weight is 234 g/mol. The predicted octanol–water partition coefficient (Wildman–Crippen LogP) is 4.33. The van der Waals surface area contributed by atoms with Gasteiger partial charge in [0.1, 0.15) is 0 Å². The minimum atomic E-state index is 0.131. The van der Waals surface area contributed by atoms with Crippen LogP contribution < -0.4 is 0 Å². The second-order valence-electron chi connectivity index (χ2n) is 7.48. The lowest BCUT2D eigenvalue weighted by Gasteiger charge is -2.55. The first kappa shape index (κ1) is 11.8. The van der Waals surface area contributed by atoms with Gasteiger partial charge >= 0.3 is 0 Å². The lowest BCUT2D eigenvalue weighted by Crippen LogP contribution is -2.50. The van der Waals surface area contributed by atoms with Crippen molar-refractivity contribution in [1.82, 2.24) is 0 Å². The molecule has 0 radical (unpaired) electrons. The van der Waals surface area contributed by atoms with Crippen LogP contribution in [0.5, 0.6) is 0 Å². The Morgan fingerprint density at radius 2 is 1.94 bits per heavy atom. The van der Waals surface area contributed by atoms with Gasteiger partial charge in [-0.05, 0) is 49.4 Å². The van der Waals surface area contributed by atoms with Crippen LogP contribution in [0.4, 0.5) is 0 Å². The van der Waals surface area contributed by atoms with Crippen molar-refractivity contribution in [2.24, 2.45) is 16.7 Å². The van der Waals surface area contributed by atoms with Crippen molar-refractivity contribution in [3.8, 4) is 0 Å². The quantitative estimate of drug-likeness (QED) is 0.567. The van der Waals surface area contributed by atoms with Gasteiger partial charge in [-0.25, -0.2) is 0 Å². The molecule has 0 aromatic carbocycles. The molecule has 96 valence electrons. The molecule has 3 aliphatic rings. The second kappa shape index (κ2) is 3.38. The highest BCUT2D eigenvalue weighted by Gasteiger charge is 2.56. The van der Waals surface area contributed by atoms with Gasteiger partial charge in [0.2, 0.25) is 0 Å². The van der Waals surface area contributed by atoms with Crippen molar-refractivity contribution in [1.29, 1.82) is 0 Å². The third kappa shape index (κ3) is 1.47. The van der Waals surface area contributed by atoms with E-state index in [9.17, 15) is 0 Å². The first-order valence-electron chi connectivity index (χ1n) is 7.24. The summed E-state index contributed by atoms with van der Waals surface area (Å²) in [6.45, 7) is 10.7. The first-order chi connectivity index (χ1) is 7.89. The Morgan fingerprint density at radius 1 is 1.18 bits per heavy atom. The predicted molar refractivity (Wildman–Crippen MR) is 70.9 cm³/mol. The van der Waals surface area contributed by atoms with Crippen molar-refractivity contribution >= 4 is 0 Å². The van der Waals surface area contributed by atoms with Gasteiger partial charge in [-0.1, -0.05) is 38.8 Å². The minimum absolute atomic E-state index is 0.131. The van der Waals surface area contributed by atoms with E-state index in [1.165, 1.54) is 25.7 Å². The Balaban J connectivity index is 2.07. The summed E-state index contributed by atoms with van der Waals surface area (Å²) in [5.74, 6) is 0.745. The van der Waals surface area contributed by atoms with E-state index >= 15 is 0 Å². The number of ether oxygens (including phenoxy) is 1. The van der Waals surface area contributed by atoms with Crippen LogP contribution in [0, 0.1) is 16.7 Å². The Morgan fingerprint density at radius 3 is 2.71 bits per heavy atom. The van der Waals surface area contributed by atoms with E-state index in [2.05, 4.69) is 33.8 Å². The number of hydrogen-bond donors (Lipinski definition) is 0. The normalized spacial score (nSPS) is 48.2. The van der Waals surface area contributed by atoms with Gasteiger partial charge in [-0.3, -0.25) is 0 Å². The summed E-state index contributed by atoms with van der Waals surface area (Å²) in [5.41, 5.74) is 2.69. The Kier molecular flexibility index (Phi) is 2.34. The summed E-state index contributed by atoms with van der Waals surface area (Å²) >= 11 is 0. The van der Waals surface area contributed by atoms with Gasteiger partial charge in [-0.15, -0.1) is 0 Å². The SMILES string of the molecule is CC1(C)CCC[C@]2(C)C1=CC[C@@]1(C)OCC[C@@H]12. The molecule has 3 atom stereocenters. The van der Waals surface area contributed by atoms with Crippen molar-refractivity contribution in [3.05, 3.63) is 11.6 Å². The van der Waals surface area contributed by atoms with E-state index in [4.69, 9.17) is 4.74 Å². The molecule has 0 aromatic heterocycles. The highest BCUT2D eigenvalue weighted by Crippen LogP contribution is 2.62. The van der Waals surface area contributed by atoms with Crippen LogP contribution in [0.25, 0.3) is 0 Å². The molecule has 1 saturated heterocycles. The summed E-state index contributed by atoms with van der Waals surface area (Å²) in [5, 5.41) is 0. The van der Waals surface area contributed by atoms with E-state index in [1.807, 2.05) is 0 Å². The number of rotatable bonds is 0. The molecule has 1 nitrogen and oxygen atoms in total. The molecular formula is C16H26O. The van der Waals surface area contributed by atoms with Gasteiger partial charge in [0, 0.05) is 6.61 Å². The molecule has 0 aromatic rings. The average Bonchev–Trinajstić information content (AvgIpc) is 2.60. The summed E-state index contributed by atoms with van der Waals surface area (Å²) < 4.78 is 6.08. The molecule has 17 heavy (non-hydrogen) atoms. The van der Waals surface area contributed by atoms with Crippen LogP contribution in [-0.4, -0.2) is 12.2 Å². The molecular weight excluding hydrogens is 208 g/mol. The Bertz CT molecular complexity index is 368. The molecule has 1 saturated carbocycles. The molecule has 0 bridgehead atoms. The van der Waals surface area contributed by atoms with Crippen LogP contribution in [0.15, 0.2) is 11.6 Å². The summed E-state index contributed by atoms with van der Waals surface area (Å²) in [4.78, 5) is 0. The Labute approximate surface area is 106 Å². The molecule has 3 rings (SSSR count). The van der Waals surface area contributed by atoms with Gasteiger partial charge in [-0.2, -0.15) is 0 Å². The number of allylic oxidation sites excluding steroid dienone is 1. The first-order valence-corrected chi connectivity index (χ1v) is 7.24. The highest BCUT2D eigenvalue weighted by atomic mass is 16.5. The minimum Gasteiger partial charge on any atom is -0.375 e. The maximum atomic E-state index is 6.08. The van der Waals surface area contributed by atoms with Gasteiger partial charge < -0.3 is 4.74 Å². The molecule has 1 aliphatic heterocycles. The van der Waals surface area contributed by atoms with Gasteiger partial charge in [0.15, 0.2) is 0 Å². The van der Waals surface area contributed by atoms with Crippen molar-refractivity contribution < 1.29 is 4.74 Å². The zero-order chi connectivity index (χ0) is 12.3. The fourth-order valence-corrected chi connectivity index (χ4v) is 5.13. The lowest BCUT2D eigenvalue weighted by molar-refractivity contribution is -0.0523. The summed E-state index contributed by atoms with van der Waals surface area (Å²) in [7, 11) is 0. The summed E-state index contributed by atoms with van der Waals surface area (Å²) in [6, 6.07) is 0. The van der Waals surface area contributed by atoms with E-state index < -0.39 is 0 Å². The van der Waals surface area contributed by atoms with Crippen LogP contribution in [0.3, 0.4) is 0 Å². The van der Waals surface area contributed by atoms with E-state index in [0.717, 1.165) is 18.9 Å².